The van der Waals surface area contributed by atoms with Crippen molar-refractivity contribution in [2.45, 2.75) is 13.0 Å². The summed E-state index contributed by atoms with van der Waals surface area (Å²) in [6.45, 7) is 5.26. The SMILES string of the molecule is COc1ccccc1N1CCN(C(C(=O)c2c(C)[nH]c3ccccc23)c2ccccc2)CC1. The summed E-state index contributed by atoms with van der Waals surface area (Å²) >= 11 is 0. The fraction of sp³-hybridized carbons (Fsp3) is 0.250. The normalized spacial score (nSPS) is 15.5. The van der Waals surface area contributed by atoms with Crippen molar-refractivity contribution in [2.75, 3.05) is 38.2 Å². The summed E-state index contributed by atoms with van der Waals surface area (Å²) in [5.41, 5.74) is 4.88. The summed E-state index contributed by atoms with van der Waals surface area (Å²) in [5, 5.41) is 0.994. The smallest absolute Gasteiger partial charge is 0.186 e. The number of anilines is 1. The summed E-state index contributed by atoms with van der Waals surface area (Å²) in [7, 11) is 1.71. The Morgan fingerprint density at radius 3 is 2.30 bits per heavy atom. The molecule has 5 nitrogen and oxygen atoms in total. The number of methoxy groups -OCH3 is 1. The number of ketones is 1. The number of hydrogen-bond donors (Lipinski definition) is 1. The van der Waals surface area contributed by atoms with E-state index in [-0.39, 0.29) is 11.8 Å². The molecule has 0 saturated carbocycles. The van der Waals surface area contributed by atoms with Crippen LogP contribution in [-0.4, -0.2) is 49.0 Å². The second kappa shape index (κ2) is 9.12. The van der Waals surface area contributed by atoms with Gasteiger partial charge >= 0.3 is 0 Å². The lowest BCUT2D eigenvalue weighted by Gasteiger charge is -2.40. The van der Waals surface area contributed by atoms with Crippen LogP contribution in [0, 0.1) is 6.92 Å². The van der Waals surface area contributed by atoms with Crippen LogP contribution < -0.4 is 9.64 Å². The Hall–Kier alpha value is -3.57. The average Bonchev–Trinajstić information content (AvgIpc) is 3.21. The largest absolute Gasteiger partial charge is 0.495 e. The maximum absolute atomic E-state index is 14.1. The lowest BCUT2D eigenvalue weighted by molar-refractivity contribution is 0.0807. The number of H-pyrrole nitrogens is 1. The van der Waals surface area contributed by atoms with Crippen LogP contribution in [0.25, 0.3) is 10.9 Å². The number of fused-ring (bicyclic) bond motifs is 1. The van der Waals surface area contributed by atoms with Gasteiger partial charge in [-0.15, -0.1) is 0 Å². The number of nitrogens with one attached hydrogen (secondary N) is 1. The second-order valence-electron chi connectivity index (χ2n) is 8.54. The van der Waals surface area contributed by atoms with Crippen molar-refractivity contribution in [3.05, 3.63) is 95.7 Å². The molecule has 1 unspecified atom stereocenters. The lowest BCUT2D eigenvalue weighted by Crippen LogP contribution is -2.49. The molecule has 1 aromatic heterocycles. The first kappa shape index (κ1) is 21.3. The van der Waals surface area contributed by atoms with Crippen LogP contribution >= 0.6 is 0 Å². The summed E-state index contributed by atoms with van der Waals surface area (Å²) in [6.07, 6.45) is 0. The Kier molecular flexibility index (Phi) is 5.88. The molecule has 168 valence electrons. The Balaban J connectivity index is 1.46. The van der Waals surface area contributed by atoms with E-state index in [1.54, 1.807) is 7.11 Å². The quantitative estimate of drug-likeness (QED) is 0.418. The van der Waals surface area contributed by atoms with Crippen LogP contribution in [0.2, 0.25) is 0 Å². The van der Waals surface area contributed by atoms with Crippen LogP contribution in [0.5, 0.6) is 5.75 Å². The molecule has 0 spiro atoms. The van der Waals surface area contributed by atoms with E-state index < -0.39 is 0 Å². The van der Waals surface area contributed by atoms with Crippen molar-refractivity contribution in [1.29, 1.82) is 0 Å². The average molecular weight is 440 g/mol. The first-order chi connectivity index (χ1) is 16.2. The molecule has 1 atom stereocenters. The summed E-state index contributed by atoms with van der Waals surface area (Å²) in [5.74, 6) is 1.04. The van der Waals surface area contributed by atoms with Crippen molar-refractivity contribution in [3.8, 4) is 5.75 Å². The lowest BCUT2D eigenvalue weighted by atomic mass is 9.93. The highest BCUT2D eigenvalue weighted by atomic mass is 16.5. The highest BCUT2D eigenvalue weighted by Gasteiger charge is 2.33. The van der Waals surface area contributed by atoms with E-state index in [2.05, 4.69) is 33.0 Å². The van der Waals surface area contributed by atoms with Crippen LogP contribution in [0.3, 0.4) is 0 Å². The van der Waals surface area contributed by atoms with E-state index in [1.165, 1.54) is 0 Å². The number of hydrogen-bond acceptors (Lipinski definition) is 4. The van der Waals surface area contributed by atoms with Gasteiger partial charge in [0.05, 0.1) is 18.8 Å². The predicted octanol–water partition coefficient (Wildman–Crippen LogP) is 5.23. The molecular formula is C28H29N3O2. The molecule has 1 fully saturated rings. The van der Waals surface area contributed by atoms with E-state index in [0.717, 1.165) is 65.3 Å². The number of carbonyl (C=O) groups excluding carboxylic acids is 1. The number of piperazine rings is 1. The van der Waals surface area contributed by atoms with Gasteiger partial charge in [0, 0.05) is 48.3 Å². The molecule has 2 heterocycles. The standard InChI is InChI=1S/C28H29N3O2/c1-20-26(22-12-6-7-13-23(22)29-20)28(32)27(21-10-4-3-5-11-21)31-18-16-30(17-19-31)24-14-8-9-15-25(24)33-2/h3-15,27,29H,16-19H2,1-2H3. The van der Waals surface area contributed by atoms with Gasteiger partial charge < -0.3 is 14.6 Å². The van der Waals surface area contributed by atoms with Gasteiger partial charge in [0.1, 0.15) is 5.75 Å². The number of aryl methyl sites for hydroxylation is 1. The van der Waals surface area contributed by atoms with E-state index in [9.17, 15) is 4.79 Å². The third-order valence-corrected chi connectivity index (χ3v) is 6.61. The van der Waals surface area contributed by atoms with E-state index in [0.29, 0.717) is 0 Å². The summed E-state index contributed by atoms with van der Waals surface area (Å²) < 4.78 is 5.57. The van der Waals surface area contributed by atoms with Gasteiger partial charge in [0.15, 0.2) is 5.78 Å². The predicted molar refractivity (Wildman–Crippen MR) is 133 cm³/mol. The Morgan fingerprint density at radius 2 is 1.55 bits per heavy atom. The fourth-order valence-electron chi connectivity index (χ4n) is 5.01. The van der Waals surface area contributed by atoms with Crippen molar-refractivity contribution < 1.29 is 9.53 Å². The maximum Gasteiger partial charge on any atom is 0.186 e. The molecule has 3 aromatic carbocycles. The van der Waals surface area contributed by atoms with Gasteiger partial charge in [-0.3, -0.25) is 9.69 Å². The highest BCUT2D eigenvalue weighted by Crippen LogP contribution is 2.33. The van der Waals surface area contributed by atoms with Crippen molar-refractivity contribution in [2.24, 2.45) is 0 Å². The minimum Gasteiger partial charge on any atom is -0.495 e. The third-order valence-electron chi connectivity index (χ3n) is 6.61. The number of aromatic nitrogens is 1. The monoisotopic (exact) mass is 439 g/mol. The molecule has 1 aliphatic heterocycles. The molecule has 4 aromatic rings. The van der Waals surface area contributed by atoms with E-state index in [4.69, 9.17) is 4.74 Å². The number of carbonyl (C=O) groups is 1. The zero-order chi connectivity index (χ0) is 22.8. The molecule has 5 rings (SSSR count). The molecular weight excluding hydrogens is 410 g/mol. The van der Waals surface area contributed by atoms with E-state index >= 15 is 0 Å². The van der Waals surface area contributed by atoms with Crippen LogP contribution in [-0.2, 0) is 0 Å². The molecule has 1 N–H and O–H groups in total. The van der Waals surface area contributed by atoms with Gasteiger partial charge in [0.25, 0.3) is 0 Å². The number of Topliss-reactive ketones (excluding diaryl/α,β-unsaturated/α-hetero) is 1. The van der Waals surface area contributed by atoms with Gasteiger partial charge in [-0.25, -0.2) is 0 Å². The number of para-hydroxylation sites is 3. The van der Waals surface area contributed by atoms with Crippen LogP contribution in [0.1, 0.15) is 27.7 Å². The van der Waals surface area contributed by atoms with Gasteiger partial charge in [-0.1, -0.05) is 60.7 Å². The zero-order valence-electron chi connectivity index (χ0n) is 19.1. The molecule has 0 radical (unpaired) electrons. The van der Waals surface area contributed by atoms with Crippen molar-refractivity contribution in [1.82, 2.24) is 9.88 Å². The Bertz CT molecular complexity index is 1260. The number of nitrogens with zero attached hydrogens (tertiary/aromatic N) is 2. The minimum absolute atomic E-state index is 0.155. The topological polar surface area (TPSA) is 48.6 Å². The highest BCUT2D eigenvalue weighted by molar-refractivity contribution is 6.11. The minimum atomic E-state index is -0.316. The third kappa shape index (κ3) is 4.00. The molecule has 33 heavy (non-hydrogen) atoms. The van der Waals surface area contributed by atoms with Crippen LogP contribution in [0.4, 0.5) is 5.69 Å². The molecule has 1 aliphatic rings. The summed E-state index contributed by atoms with van der Waals surface area (Å²) in [4.78, 5) is 22.2. The molecule has 1 saturated heterocycles. The van der Waals surface area contributed by atoms with Crippen molar-refractivity contribution in [3.63, 3.8) is 0 Å². The summed E-state index contributed by atoms with van der Waals surface area (Å²) in [6, 6.07) is 26.0. The first-order valence-corrected chi connectivity index (χ1v) is 11.5. The molecule has 5 heteroatoms. The fourth-order valence-corrected chi connectivity index (χ4v) is 5.01. The maximum atomic E-state index is 14.1. The van der Waals surface area contributed by atoms with Gasteiger partial charge in [-0.05, 0) is 30.7 Å². The number of benzene rings is 3. The molecule has 0 bridgehead atoms. The number of ether oxygens (including phenoxy) is 1. The number of aromatic amines is 1. The Morgan fingerprint density at radius 1 is 0.879 bits per heavy atom. The van der Waals surface area contributed by atoms with Gasteiger partial charge in [0.2, 0.25) is 0 Å². The number of rotatable bonds is 6. The zero-order valence-corrected chi connectivity index (χ0v) is 19.1. The first-order valence-electron chi connectivity index (χ1n) is 11.5. The Labute approximate surface area is 194 Å². The van der Waals surface area contributed by atoms with Gasteiger partial charge in [-0.2, -0.15) is 0 Å². The van der Waals surface area contributed by atoms with E-state index in [1.807, 2.05) is 67.6 Å². The molecule has 0 amide bonds. The second-order valence-corrected chi connectivity index (χ2v) is 8.54. The molecule has 0 aliphatic carbocycles. The van der Waals surface area contributed by atoms with Crippen molar-refractivity contribution >= 4 is 22.4 Å². The van der Waals surface area contributed by atoms with Crippen LogP contribution in [0.15, 0.2) is 78.9 Å².